The quantitative estimate of drug-likeness (QED) is 0.325. The summed E-state index contributed by atoms with van der Waals surface area (Å²) in [4.78, 5) is 17.4. The molecule has 7 heteroatoms. The number of nitrogens with zero attached hydrogens (tertiary/aromatic N) is 2. The summed E-state index contributed by atoms with van der Waals surface area (Å²) in [5, 5.41) is 2.99. The van der Waals surface area contributed by atoms with Crippen molar-refractivity contribution < 1.29 is 19.0 Å². The van der Waals surface area contributed by atoms with Gasteiger partial charge < -0.3 is 24.1 Å². The van der Waals surface area contributed by atoms with E-state index >= 15 is 0 Å². The van der Waals surface area contributed by atoms with Gasteiger partial charge >= 0.3 is 0 Å². The minimum atomic E-state index is -0.163. The standard InChI is InChI=1S/C27H29N3O4/c1-32-21-10-7-9-20(17-21)27(31)28-19-26-29-24-13-3-4-14-25(24)30(26)15-5-6-16-34-23-12-8-11-22(18-23)33-2/h3-4,7-14,17-18H,5-6,15-16,19H2,1-2H3,(H,28,31). The normalized spacial score (nSPS) is 10.8. The van der Waals surface area contributed by atoms with Gasteiger partial charge in [-0.3, -0.25) is 4.79 Å². The van der Waals surface area contributed by atoms with E-state index in [2.05, 4.69) is 16.0 Å². The van der Waals surface area contributed by atoms with E-state index in [-0.39, 0.29) is 5.91 Å². The third-order valence-corrected chi connectivity index (χ3v) is 5.56. The molecular formula is C27H29N3O4. The highest BCUT2D eigenvalue weighted by atomic mass is 16.5. The number of aromatic nitrogens is 2. The number of ether oxygens (including phenoxy) is 3. The number of imidazole rings is 1. The molecule has 176 valence electrons. The Morgan fingerprint density at radius 2 is 1.62 bits per heavy atom. The number of hydrogen-bond acceptors (Lipinski definition) is 5. The summed E-state index contributed by atoms with van der Waals surface area (Å²) >= 11 is 0. The van der Waals surface area contributed by atoms with Crippen molar-refractivity contribution >= 4 is 16.9 Å². The number of rotatable bonds is 11. The maximum Gasteiger partial charge on any atom is 0.251 e. The zero-order valence-electron chi connectivity index (χ0n) is 19.5. The molecule has 3 aromatic carbocycles. The SMILES string of the molecule is COc1cccc(OCCCCn2c(CNC(=O)c3cccc(OC)c3)nc3ccccc32)c1. The number of carbonyl (C=O) groups is 1. The van der Waals surface area contributed by atoms with Crippen LogP contribution >= 0.6 is 0 Å². The topological polar surface area (TPSA) is 74.6 Å². The molecule has 1 amide bonds. The van der Waals surface area contributed by atoms with Gasteiger partial charge in [-0.05, 0) is 55.3 Å². The van der Waals surface area contributed by atoms with Crippen molar-refractivity contribution in [3.8, 4) is 17.2 Å². The molecule has 4 aromatic rings. The smallest absolute Gasteiger partial charge is 0.251 e. The molecule has 0 saturated heterocycles. The zero-order chi connectivity index (χ0) is 23.8. The number of carbonyl (C=O) groups excluding carboxylic acids is 1. The van der Waals surface area contributed by atoms with Crippen LogP contribution in [0.2, 0.25) is 0 Å². The maximum absolute atomic E-state index is 12.7. The Morgan fingerprint density at radius 3 is 2.44 bits per heavy atom. The molecule has 0 unspecified atom stereocenters. The van der Waals surface area contributed by atoms with Crippen molar-refractivity contribution in [2.24, 2.45) is 0 Å². The van der Waals surface area contributed by atoms with Gasteiger partial charge in [-0.15, -0.1) is 0 Å². The number of amides is 1. The van der Waals surface area contributed by atoms with E-state index in [1.165, 1.54) is 0 Å². The van der Waals surface area contributed by atoms with Crippen molar-refractivity contribution in [1.29, 1.82) is 0 Å². The average Bonchev–Trinajstić information content (AvgIpc) is 3.24. The molecule has 0 aliphatic heterocycles. The van der Waals surface area contributed by atoms with Crippen molar-refractivity contribution in [2.45, 2.75) is 25.9 Å². The average molecular weight is 460 g/mol. The van der Waals surface area contributed by atoms with Crippen molar-refractivity contribution in [3.05, 3.63) is 84.2 Å². The van der Waals surface area contributed by atoms with Gasteiger partial charge in [0.05, 0.1) is 38.4 Å². The van der Waals surface area contributed by atoms with Crippen LogP contribution in [0, 0.1) is 0 Å². The zero-order valence-corrected chi connectivity index (χ0v) is 19.5. The second kappa shape index (κ2) is 11.2. The van der Waals surface area contributed by atoms with Crippen molar-refractivity contribution in [1.82, 2.24) is 14.9 Å². The summed E-state index contributed by atoms with van der Waals surface area (Å²) in [5.41, 5.74) is 2.53. The molecule has 4 rings (SSSR count). The fraction of sp³-hybridized carbons (Fsp3) is 0.259. The van der Waals surface area contributed by atoms with Gasteiger partial charge in [-0.1, -0.05) is 24.3 Å². The highest BCUT2D eigenvalue weighted by molar-refractivity contribution is 5.94. The van der Waals surface area contributed by atoms with E-state index in [4.69, 9.17) is 19.2 Å². The third kappa shape index (κ3) is 5.67. The van der Waals surface area contributed by atoms with Crippen LogP contribution in [0.1, 0.15) is 29.0 Å². The van der Waals surface area contributed by atoms with Gasteiger partial charge in [0.15, 0.2) is 0 Å². The Labute approximate surface area is 199 Å². The lowest BCUT2D eigenvalue weighted by Gasteiger charge is -2.11. The van der Waals surface area contributed by atoms with Crippen LogP contribution in [0.4, 0.5) is 0 Å². The van der Waals surface area contributed by atoms with Gasteiger partial charge in [0.1, 0.15) is 23.1 Å². The van der Waals surface area contributed by atoms with Gasteiger partial charge in [0.2, 0.25) is 0 Å². The lowest BCUT2D eigenvalue weighted by Crippen LogP contribution is -2.24. The second-order valence-electron chi connectivity index (χ2n) is 7.82. The van der Waals surface area contributed by atoms with E-state index in [0.717, 1.165) is 47.7 Å². The molecule has 0 saturated carbocycles. The number of unbranched alkanes of at least 4 members (excludes halogenated alkanes) is 1. The monoisotopic (exact) mass is 459 g/mol. The maximum atomic E-state index is 12.7. The number of methoxy groups -OCH3 is 2. The summed E-state index contributed by atoms with van der Waals surface area (Å²) in [6, 6.07) is 22.7. The molecule has 7 nitrogen and oxygen atoms in total. The highest BCUT2D eigenvalue weighted by Gasteiger charge is 2.13. The highest BCUT2D eigenvalue weighted by Crippen LogP contribution is 2.20. The van der Waals surface area contributed by atoms with Crippen molar-refractivity contribution in [3.63, 3.8) is 0 Å². The van der Waals surface area contributed by atoms with Gasteiger partial charge in [-0.2, -0.15) is 0 Å². The van der Waals surface area contributed by atoms with Crippen LogP contribution in [0.15, 0.2) is 72.8 Å². The molecule has 0 aliphatic carbocycles. The summed E-state index contributed by atoms with van der Waals surface area (Å²) < 4.78 is 18.5. The molecule has 0 radical (unpaired) electrons. The molecule has 0 fully saturated rings. The molecule has 1 aromatic heterocycles. The van der Waals surface area contributed by atoms with E-state index in [9.17, 15) is 4.79 Å². The lowest BCUT2D eigenvalue weighted by molar-refractivity contribution is 0.0949. The first-order valence-corrected chi connectivity index (χ1v) is 11.3. The van der Waals surface area contributed by atoms with Gasteiger partial charge in [0, 0.05) is 18.2 Å². The fourth-order valence-electron chi connectivity index (χ4n) is 3.79. The van der Waals surface area contributed by atoms with E-state index in [0.29, 0.717) is 24.5 Å². The molecule has 0 aliphatic rings. The number of fused-ring (bicyclic) bond motifs is 1. The summed E-state index contributed by atoms with van der Waals surface area (Å²) in [6.45, 7) is 1.74. The molecule has 0 bridgehead atoms. The van der Waals surface area contributed by atoms with Gasteiger partial charge in [0.25, 0.3) is 5.91 Å². The Bertz CT molecular complexity index is 1250. The van der Waals surface area contributed by atoms with Crippen LogP contribution in [0.5, 0.6) is 17.2 Å². The predicted octanol–water partition coefficient (Wildman–Crippen LogP) is 4.84. The molecule has 34 heavy (non-hydrogen) atoms. The Balaban J connectivity index is 1.37. The summed E-state index contributed by atoms with van der Waals surface area (Å²) in [6.07, 6.45) is 1.81. The number of hydrogen-bond donors (Lipinski definition) is 1. The number of nitrogens with one attached hydrogen (secondary N) is 1. The lowest BCUT2D eigenvalue weighted by atomic mass is 10.2. The number of benzene rings is 3. The predicted molar refractivity (Wildman–Crippen MR) is 132 cm³/mol. The first-order valence-electron chi connectivity index (χ1n) is 11.3. The summed E-state index contributed by atoms with van der Waals surface area (Å²) in [5.74, 6) is 2.89. The molecule has 1 heterocycles. The second-order valence-corrected chi connectivity index (χ2v) is 7.82. The number of para-hydroxylation sites is 2. The molecule has 1 N–H and O–H groups in total. The third-order valence-electron chi connectivity index (χ3n) is 5.56. The first-order chi connectivity index (χ1) is 16.7. The van der Waals surface area contributed by atoms with Crippen LogP contribution in [0.25, 0.3) is 11.0 Å². The van der Waals surface area contributed by atoms with E-state index in [1.54, 1.807) is 32.4 Å². The largest absolute Gasteiger partial charge is 0.497 e. The first kappa shape index (κ1) is 23.2. The molecule has 0 spiro atoms. The number of aryl methyl sites for hydroxylation is 1. The minimum absolute atomic E-state index is 0.163. The van der Waals surface area contributed by atoms with Crippen LogP contribution in [-0.4, -0.2) is 36.3 Å². The molecular weight excluding hydrogens is 430 g/mol. The van der Waals surface area contributed by atoms with Crippen LogP contribution < -0.4 is 19.5 Å². The minimum Gasteiger partial charge on any atom is -0.497 e. The van der Waals surface area contributed by atoms with Crippen LogP contribution in [-0.2, 0) is 13.1 Å². The molecule has 0 atom stereocenters. The Hall–Kier alpha value is -4.00. The van der Waals surface area contributed by atoms with E-state index in [1.807, 2.05) is 48.5 Å². The summed E-state index contributed by atoms with van der Waals surface area (Å²) in [7, 11) is 3.23. The fourth-order valence-corrected chi connectivity index (χ4v) is 3.79. The Kier molecular flexibility index (Phi) is 7.65. The van der Waals surface area contributed by atoms with Gasteiger partial charge in [-0.25, -0.2) is 4.98 Å². The van der Waals surface area contributed by atoms with E-state index < -0.39 is 0 Å². The Morgan fingerprint density at radius 1 is 0.882 bits per heavy atom. The van der Waals surface area contributed by atoms with Crippen LogP contribution in [0.3, 0.4) is 0 Å². The van der Waals surface area contributed by atoms with Crippen molar-refractivity contribution in [2.75, 3.05) is 20.8 Å².